The minimum absolute atomic E-state index is 0.0445. The molecule has 0 aliphatic rings. The van der Waals surface area contributed by atoms with Crippen LogP contribution in [0.4, 0.5) is 4.79 Å². The molecule has 0 bridgehead atoms. The molecule has 8 heteroatoms. The molecule has 2 unspecified atom stereocenters. The summed E-state index contributed by atoms with van der Waals surface area (Å²) >= 11 is 5.82. The second-order valence-corrected chi connectivity index (χ2v) is 5.93. The van der Waals surface area contributed by atoms with Crippen LogP contribution >= 0.6 is 11.6 Å². The van der Waals surface area contributed by atoms with Gasteiger partial charge in [-0.05, 0) is 29.3 Å². The van der Waals surface area contributed by atoms with Crippen molar-refractivity contribution in [1.82, 2.24) is 5.32 Å². The van der Waals surface area contributed by atoms with E-state index < -0.39 is 24.3 Å². The Balaban J connectivity index is 1.91. The van der Waals surface area contributed by atoms with Gasteiger partial charge in [-0.25, -0.2) is 9.59 Å². The Hall–Kier alpha value is -2.61. The Morgan fingerprint density at radius 2 is 1.81 bits per heavy atom. The molecule has 1 amide bonds. The van der Waals surface area contributed by atoms with Gasteiger partial charge in [0.05, 0.1) is 5.56 Å². The molecule has 0 spiro atoms. The van der Waals surface area contributed by atoms with Crippen LogP contribution in [0.1, 0.15) is 27.6 Å². The number of carbonyl (C=O) groups excluding carboxylic acids is 1. The smallest absolute Gasteiger partial charge is 0.407 e. The number of rotatable bonds is 7. The second-order valence-electron chi connectivity index (χ2n) is 5.49. The lowest BCUT2D eigenvalue weighted by molar-refractivity contribution is 0.0174. The van der Waals surface area contributed by atoms with Gasteiger partial charge in [0.25, 0.3) is 0 Å². The van der Waals surface area contributed by atoms with Crippen molar-refractivity contribution in [2.24, 2.45) is 0 Å². The number of carbonyl (C=O) groups is 2. The molecule has 0 aromatic heterocycles. The summed E-state index contributed by atoms with van der Waals surface area (Å²) in [6.07, 6.45) is -3.77. The average molecular weight is 380 g/mol. The fraction of sp³-hybridized carbons (Fsp3) is 0.222. The lowest BCUT2D eigenvalue weighted by Gasteiger charge is -2.20. The number of amides is 1. The highest BCUT2D eigenvalue weighted by atomic mass is 35.5. The van der Waals surface area contributed by atoms with E-state index in [0.717, 1.165) is 5.56 Å². The monoisotopic (exact) mass is 379 g/mol. The summed E-state index contributed by atoms with van der Waals surface area (Å²) in [7, 11) is 0. The van der Waals surface area contributed by atoms with Crippen molar-refractivity contribution in [3.8, 4) is 0 Å². The first-order chi connectivity index (χ1) is 12.4. The maximum absolute atomic E-state index is 11.7. The molecule has 2 aromatic carbocycles. The van der Waals surface area contributed by atoms with E-state index in [1.165, 1.54) is 18.2 Å². The number of alkyl carbamates (subject to hydrolysis) is 1. The van der Waals surface area contributed by atoms with Gasteiger partial charge in [-0.2, -0.15) is 0 Å². The predicted octanol–water partition coefficient (Wildman–Crippen LogP) is 2.36. The van der Waals surface area contributed by atoms with Gasteiger partial charge in [-0.15, -0.1) is 0 Å². The fourth-order valence-corrected chi connectivity index (χ4v) is 2.43. The minimum Gasteiger partial charge on any atom is -0.478 e. The summed E-state index contributed by atoms with van der Waals surface area (Å²) in [5.41, 5.74) is 0.567. The summed E-state index contributed by atoms with van der Waals surface area (Å²) < 4.78 is 4.99. The zero-order valence-electron chi connectivity index (χ0n) is 13.6. The van der Waals surface area contributed by atoms with Gasteiger partial charge < -0.3 is 25.4 Å². The molecule has 138 valence electrons. The van der Waals surface area contributed by atoms with Gasteiger partial charge in [0.1, 0.15) is 18.8 Å². The SMILES string of the molecule is O=C(NCC(O)C(O)c1cc(Cl)ccc1C(=O)O)OCc1ccccc1. The number of carboxylic acid groups (broad SMARTS) is 1. The van der Waals surface area contributed by atoms with Crippen LogP contribution in [0.15, 0.2) is 48.5 Å². The first-order valence-electron chi connectivity index (χ1n) is 7.72. The van der Waals surface area contributed by atoms with Crippen LogP contribution in [0.3, 0.4) is 0 Å². The molecule has 4 N–H and O–H groups in total. The molecular formula is C18H18ClNO6. The normalized spacial score (nSPS) is 12.9. The number of aliphatic hydroxyl groups is 2. The van der Waals surface area contributed by atoms with E-state index in [0.29, 0.717) is 0 Å². The maximum Gasteiger partial charge on any atom is 0.407 e. The van der Waals surface area contributed by atoms with Crippen molar-refractivity contribution in [3.63, 3.8) is 0 Å². The van der Waals surface area contributed by atoms with Crippen LogP contribution in [0, 0.1) is 0 Å². The molecule has 0 saturated heterocycles. The summed E-state index contributed by atoms with van der Waals surface area (Å²) in [5, 5.41) is 31.9. The number of aliphatic hydroxyl groups excluding tert-OH is 2. The van der Waals surface area contributed by atoms with Crippen molar-refractivity contribution in [1.29, 1.82) is 0 Å². The third-order valence-corrected chi connectivity index (χ3v) is 3.83. The Morgan fingerprint density at radius 3 is 2.46 bits per heavy atom. The van der Waals surface area contributed by atoms with E-state index in [1.54, 1.807) is 12.1 Å². The first kappa shape index (κ1) is 19.7. The molecule has 7 nitrogen and oxygen atoms in total. The molecule has 2 rings (SSSR count). The molecule has 0 heterocycles. The van der Waals surface area contributed by atoms with Crippen LogP contribution in [0.25, 0.3) is 0 Å². The molecular weight excluding hydrogens is 362 g/mol. The number of hydrogen-bond acceptors (Lipinski definition) is 5. The third-order valence-electron chi connectivity index (χ3n) is 3.60. The number of nitrogens with one attached hydrogen (secondary N) is 1. The Morgan fingerprint density at radius 1 is 1.12 bits per heavy atom. The maximum atomic E-state index is 11.7. The lowest BCUT2D eigenvalue weighted by Crippen LogP contribution is -2.36. The number of halogens is 1. The summed E-state index contributed by atoms with van der Waals surface area (Å²) in [6, 6.07) is 12.9. The minimum atomic E-state index is -1.55. The van der Waals surface area contributed by atoms with Gasteiger partial charge in [-0.3, -0.25) is 0 Å². The van der Waals surface area contributed by atoms with Crippen molar-refractivity contribution in [3.05, 3.63) is 70.2 Å². The Labute approximate surface area is 154 Å². The van der Waals surface area contributed by atoms with Crippen LogP contribution < -0.4 is 5.32 Å². The summed E-state index contributed by atoms with van der Waals surface area (Å²) in [4.78, 5) is 22.9. The molecule has 0 radical (unpaired) electrons. The highest BCUT2D eigenvalue weighted by Crippen LogP contribution is 2.25. The number of hydrogen-bond donors (Lipinski definition) is 4. The molecule has 2 aromatic rings. The van der Waals surface area contributed by atoms with Gasteiger partial charge >= 0.3 is 12.1 Å². The molecule has 0 saturated carbocycles. The molecule has 0 aliphatic heterocycles. The van der Waals surface area contributed by atoms with Crippen LogP contribution in [0.2, 0.25) is 5.02 Å². The topological polar surface area (TPSA) is 116 Å². The second kappa shape index (κ2) is 9.19. The van der Waals surface area contributed by atoms with Gasteiger partial charge in [-0.1, -0.05) is 41.9 Å². The van der Waals surface area contributed by atoms with Gasteiger partial charge in [0, 0.05) is 11.6 Å². The van der Waals surface area contributed by atoms with E-state index in [4.69, 9.17) is 21.4 Å². The molecule has 0 aliphatic carbocycles. The van der Waals surface area contributed by atoms with Crippen molar-refractivity contribution in [2.75, 3.05) is 6.54 Å². The van der Waals surface area contributed by atoms with E-state index >= 15 is 0 Å². The van der Waals surface area contributed by atoms with Crippen molar-refractivity contribution < 1.29 is 29.6 Å². The molecule has 26 heavy (non-hydrogen) atoms. The molecule has 0 fully saturated rings. The van der Waals surface area contributed by atoms with Crippen LogP contribution in [0.5, 0.6) is 0 Å². The average Bonchev–Trinajstić information content (AvgIpc) is 2.64. The highest BCUT2D eigenvalue weighted by Gasteiger charge is 2.24. The number of carboxylic acids is 1. The van der Waals surface area contributed by atoms with Crippen LogP contribution in [-0.2, 0) is 11.3 Å². The number of aromatic carboxylic acids is 1. The lowest BCUT2D eigenvalue weighted by atomic mass is 9.98. The van der Waals surface area contributed by atoms with Crippen LogP contribution in [-0.4, -0.2) is 40.0 Å². The standard InChI is InChI=1S/C18H18ClNO6/c19-12-6-7-13(17(23)24)14(8-12)16(22)15(21)9-20-18(25)26-10-11-4-2-1-3-5-11/h1-8,15-16,21-22H,9-10H2,(H,20,25)(H,23,24). The van der Waals surface area contributed by atoms with E-state index in [2.05, 4.69) is 5.32 Å². The van der Waals surface area contributed by atoms with E-state index in [9.17, 15) is 19.8 Å². The summed E-state index contributed by atoms with van der Waals surface area (Å²) in [6.45, 7) is -0.275. The third kappa shape index (κ3) is 5.45. The highest BCUT2D eigenvalue weighted by molar-refractivity contribution is 6.30. The number of benzene rings is 2. The zero-order valence-corrected chi connectivity index (χ0v) is 14.4. The van der Waals surface area contributed by atoms with E-state index in [-0.39, 0.29) is 29.3 Å². The number of ether oxygens (including phenoxy) is 1. The van der Waals surface area contributed by atoms with Crippen molar-refractivity contribution in [2.45, 2.75) is 18.8 Å². The van der Waals surface area contributed by atoms with Crippen molar-refractivity contribution >= 4 is 23.7 Å². The van der Waals surface area contributed by atoms with Gasteiger partial charge in [0.2, 0.25) is 0 Å². The quantitative estimate of drug-likeness (QED) is 0.587. The van der Waals surface area contributed by atoms with Gasteiger partial charge in [0.15, 0.2) is 0 Å². The Bertz CT molecular complexity index is 768. The zero-order chi connectivity index (χ0) is 19.1. The van der Waals surface area contributed by atoms with E-state index in [1.807, 2.05) is 18.2 Å². The fourth-order valence-electron chi connectivity index (χ4n) is 2.25. The Kier molecular flexibility index (Phi) is 6.97. The largest absolute Gasteiger partial charge is 0.478 e. The molecule has 2 atom stereocenters. The first-order valence-corrected chi connectivity index (χ1v) is 8.09. The predicted molar refractivity (Wildman–Crippen MR) is 94.0 cm³/mol. The summed E-state index contributed by atoms with van der Waals surface area (Å²) in [5.74, 6) is -1.27.